The maximum Gasteiger partial charge on any atom is 0.419 e. The summed E-state index contributed by atoms with van der Waals surface area (Å²) >= 11 is 5.85. The minimum absolute atomic E-state index is 0.0757. The number of aromatic nitrogens is 1. The number of aromatic amines is 1. The van der Waals surface area contributed by atoms with Crippen LogP contribution in [0, 0.1) is 5.82 Å². The number of allylic oxidation sites excluding steroid dienone is 1. The van der Waals surface area contributed by atoms with E-state index in [1.54, 1.807) is 6.07 Å². The Morgan fingerprint density at radius 1 is 1.28 bits per heavy atom. The highest BCUT2D eigenvalue weighted by molar-refractivity contribution is 6.31. The number of H-pyrrole nitrogens is 1. The molecule has 168 valence electrons. The lowest BCUT2D eigenvalue weighted by molar-refractivity contribution is -0.265. The van der Waals surface area contributed by atoms with Crippen molar-refractivity contribution in [2.75, 3.05) is 5.32 Å². The van der Waals surface area contributed by atoms with E-state index in [4.69, 9.17) is 11.6 Å². The molecule has 1 aromatic heterocycles. The van der Waals surface area contributed by atoms with E-state index in [-0.39, 0.29) is 22.4 Å². The van der Waals surface area contributed by atoms with Gasteiger partial charge in [-0.15, -0.1) is 0 Å². The van der Waals surface area contributed by atoms with E-state index in [2.05, 4.69) is 10.3 Å². The van der Waals surface area contributed by atoms with E-state index in [1.165, 1.54) is 37.3 Å². The van der Waals surface area contributed by atoms with Gasteiger partial charge in [0.2, 0.25) is 5.56 Å². The number of pyridine rings is 1. The number of aliphatic hydroxyl groups is 1. The molecule has 1 heterocycles. The Balaban J connectivity index is 1.99. The molecule has 2 atom stereocenters. The summed E-state index contributed by atoms with van der Waals surface area (Å²) < 4.78 is 56.9. The van der Waals surface area contributed by atoms with Gasteiger partial charge in [-0.25, -0.2) is 4.39 Å². The van der Waals surface area contributed by atoms with Gasteiger partial charge < -0.3 is 20.5 Å². The number of nitrogens with one attached hydrogen (secondary N) is 2. The number of alkyl halides is 3. The quantitative estimate of drug-likeness (QED) is 0.385. The highest BCUT2D eigenvalue weighted by Gasteiger charge is 2.62. The number of aromatic hydroxyl groups is 1. The molecule has 1 aliphatic carbocycles. The zero-order chi connectivity index (χ0) is 23.4. The first kappa shape index (κ1) is 22.2. The summed E-state index contributed by atoms with van der Waals surface area (Å²) in [6.45, 7) is 1.43. The smallest absolute Gasteiger partial charge is 0.419 e. The van der Waals surface area contributed by atoms with Crippen LogP contribution in [0.4, 0.5) is 23.2 Å². The summed E-state index contributed by atoms with van der Waals surface area (Å²) in [5.74, 6) is -2.05. The first-order valence-corrected chi connectivity index (χ1v) is 9.90. The van der Waals surface area contributed by atoms with Crippen LogP contribution in [0.5, 0.6) is 5.75 Å². The Labute approximate surface area is 184 Å². The van der Waals surface area contributed by atoms with Crippen molar-refractivity contribution in [2.45, 2.75) is 31.2 Å². The zero-order valence-electron chi connectivity index (χ0n) is 16.5. The number of hydrogen-bond acceptors (Lipinski definition) is 4. The van der Waals surface area contributed by atoms with Crippen molar-refractivity contribution >= 4 is 33.8 Å². The minimum Gasteiger partial charge on any atom is -0.504 e. The predicted octanol–water partition coefficient (Wildman–Crippen LogP) is 5.28. The van der Waals surface area contributed by atoms with Gasteiger partial charge in [-0.3, -0.25) is 4.79 Å². The van der Waals surface area contributed by atoms with Crippen LogP contribution in [0.3, 0.4) is 0 Å². The second kappa shape index (κ2) is 7.53. The highest BCUT2D eigenvalue weighted by atomic mass is 35.5. The molecule has 0 spiro atoms. The van der Waals surface area contributed by atoms with Gasteiger partial charge in [-0.1, -0.05) is 23.7 Å². The van der Waals surface area contributed by atoms with Gasteiger partial charge >= 0.3 is 6.18 Å². The van der Waals surface area contributed by atoms with Gasteiger partial charge in [0.15, 0.2) is 17.2 Å². The van der Waals surface area contributed by atoms with Gasteiger partial charge in [-0.05, 0) is 42.3 Å². The second-order valence-electron chi connectivity index (χ2n) is 7.56. The molecule has 10 heteroatoms. The molecule has 2 aromatic carbocycles. The van der Waals surface area contributed by atoms with Crippen LogP contribution in [0.25, 0.3) is 16.5 Å². The van der Waals surface area contributed by atoms with Crippen LogP contribution in [0.2, 0.25) is 5.02 Å². The molecule has 32 heavy (non-hydrogen) atoms. The van der Waals surface area contributed by atoms with Crippen molar-refractivity contribution in [1.82, 2.24) is 4.98 Å². The fraction of sp³-hybridized carbons (Fsp3) is 0.227. The van der Waals surface area contributed by atoms with Crippen LogP contribution in [-0.4, -0.2) is 27.0 Å². The van der Waals surface area contributed by atoms with Gasteiger partial charge in [0, 0.05) is 29.1 Å². The topological polar surface area (TPSA) is 85.4 Å². The van der Waals surface area contributed by atoms with E-state index in [0.717, 1.165) is 6.07 Å². The van der Waals surface area contributed by atoms with Crippen LogP contribution in [0.15, 0.2) is 47.3 Å². The summed E-state index contributed by atoms with van der Waals surface area (Å²) in [6.07, 6.45) is -4.73. The van der Waals surface area contributed by atoms with E-state index in [0.29, 0.717) is 10.9 Å². The monoisotopic (exact) mass is 468 g/mol. The SMILES string of the molecule is CC=C1C[C@](O)(C(F)(F)F)[C@H](Nc2cccc3[nH]c(=O)ccc23)c2cc(Cl)c(F)c(O)c21. The minimum atomic E-state index is -5.09. The Kier molecular flexibility index (Phi) is 5.21. The molecular formula is C22H17ClF4N2O3. The first-order valence-electron chi connectivity index (χ1n) is 9.52. The molecule has 0 unspecified atom stereocenters. The summed E-state index contributed by atoms with van der Waals surface area (Å²) in [5, 5.41) is 23.8. The Bertz CT molecular complexity index is 1320. The summed E-state index contributed by atoms with van der Waals surface area (Å²) in [5.41, 5.74) is -3.60. The molecule has 4 rings (SSSR count). The Morgan fingerprint density at radius 2 is 2.00 bits per heavy atom. The van der Waals surface area contributed by atoms with Crippen LogP contribution >= 0.6 is 11.6 Å². The second-order valence-corrected chi connectivity index (χ2v) is 7.97. The van der Waals surface area contributed by atoms with Crippen molar-refractivity contribution in [3.05, 3.63) is 74.8 Å². The van der Waals surface area contributed by atoms with Crippen molar-refractivity contribution in [1.29, 1.82) is 0 Å². The molecule has 0 bridgehead atoms. The number of fused-ring (bicyclic) bond motifs is 2. The largest absolute Gasteiger partial charge is 0.504 e. The molecule has 0 aliphatic heterocycles. The molecule has 0 radical (unpaired) electrons. The summed E-state index contributed by atoms with van der Waals surface area (Å²) in [7, 11) is 0. The maximum absolute atomic E-state index is 14.3. The normalized spacial score (nSPS) is 22.2. The number of anilines is 1. The fourth-order valence-electron chi connectivity index (χ4n) is 4.11. The van der Waals surface area contributed by atoms with Crippen molar-refractivity contribution in [3.63, 3.8) is 0 Å². The predicted molar refractivity (Wildman–Crippen MR) is 113 cm³/mol. The number of benzene rings is 2. The number of hydrogen-bond donors (Lipinski definition) is 4. The van der Waals surface area contributed by atoms with Gasteiger partial charge in [0.05, 0.1) is 16.6 Å². The lowest BCUT2D eigenvalue weighted by Crippen LogP contribution is -2.54. The molecule has 0 amide bonds. The zero-order valence-corrected chi connectivity index (χ0v) is 17.3. The molecule has 0 saturated heterocycles. The molecular weight excluding hydrogens is 452 g/mol. The number of rotatable bonds is 2. The van der Waals surface area contributed by atoms with E-state index < -0.39 is 46.4 Å². The fourth-order valence-corrected chi connectivity index (χ4v) is 4.32. The molecule has 4 N–H and O–H groups in total. The van der Waals surface area contributed by atoms with E-state index >= 15 is 0 Å². The van der Waals surface area contributed by atoms with Gasteiger partial charge in [0.25, 0.3) is 0 Å². The van der Waals surface area contributed by atoms with Crippen LogP contribution < -0.4 is 10.9 Å². The van der Waals surface area contributed by atoms with Gasteiger partial charge in [-0.2, -0.15) is 13.2 Å². The average molecular weight is 469 g/mol. The van der Waals surface area contributed by atoms with Crippen LogP contribution in [0.1, 0.15) is 30.5 Å². The van der Waals surface area contributed by atoms with Crippen molar-refractivity contribution in [3.8, 4) is 5.75 Å². The molecule has 5 nitrogen and oxygen atoms in total. The molecule has 0 fully saturated rings. The number of halogens is 5. The maximum atomic E-state index is 14.3. The molecule has 0 saturated carbocycles. The average Bonchev–Trinajstić information content (AvgIpc) is 2.72. The van der Waals surface area contributed by atoms with Crippen molar-refractivity contribution < 1.29 is 27.8 Å². The standard InChI is InChI=1S/C22H17ClF4N2O3/c1-2-10-9-21(32,22(25,26)27)20(12-8-13(23)18(24)19(31)17(10)12)29-15-5-3-4-14-11(15)6-7-16(30)28-14/h2-8,20,29,31-32H,9H2,1H3,(H,28,30)/t20-,21-/m1/s1. The third kappa shape index (κ3) is 3.32. The summed E-state index contributed by atoms with van der Waals surface area (Å²) in [6, 6.07) is 6.34. The first-order chi connectivity index (χ1) is 15.0. The van der Waals surface area contributed by atoms with Crippen LogP contribution in [-0.2, 0) is 0 Å². The van der Waals surface area contributed by atoms with E-state index in [1.807, 2.05) is 0 Å². The molecule has 1 aliphatic rings. The lowest BCUT2D eigenvalue weighted by atomic mass is 9.72. The van der Waals surface area contributed by atoms with Gasteiger partial charge in [0.1, 0.15) is 0 Å². The lowest BCUT2D eigenvalue weighted by Gasteiger charge is -2.44. The van der Waals surface area contributed by atoms with E-state index in [9.17, 15) is 32.6 Å². The number of phenols is 1. The highest BCUT2D eigenvalue weighted by Crippen LogP contribution is 2.55. The summed E-state index contributed by atoms with van der Waals surface area (Å²) in [4.78, 5) is 14.2. The third-order valence-corrected chi connectivity index (χ3v) is 5.97. The Hall–Kier alpha value is -3.04. The number of phenolic OH excluding ortho intramolecular Hbond substituents is 1. The third-order valence-electron chi connectivity index (χ3n) is 5.70. The van der Waals surface area contributed by atoms with Crippen molar-refractivity contribution in [2.24, 2.45) is 0 Å². The Morgan fingerprint density at radius 3 is 2.66 bits per heavy atom. The molecule has 3 aromatic rings.